The van der Waals surface area contributed by atoms with E-state index in [1.165, 1.54) is 12.1 Å². The monoisotopic (exact) mass is 521 g/mol. The number of carboxylic acids is 1. The van der Waals surface area contributed by atoms with Gasteiger partial charge in [-0.15, -0.1) is 0 Å². The predicted molar refractivity (Wildman–Crippen MR) is 125 cm³/mol. The number of benzene rings is 1. The van der Waals surface area contributed by atoms with Crippen LogP contribution in [0.15, 0.2) is 36.5 Å². The molecule has 0 bridgehead atoms. The van der Waals surface area contributed by atoms with Crippen LogP contribution in [0.2, 0.25) is 5.15 Å². The van der Waals surface area contributed by atoms with E-state index < -0.39 is 35.9 Å². The Labute approximate surface area is 209 Å². The zero-order valence-electron chi connectivity index (χ0n) is 19.2. The second-order valence-corrected chi connectivity index (χ2v) is 9.66. The van der Waals surface area contributed by atoms with E-state index in [1.54, 1.807) is 28.9 Å². The van der Waals surface area contributed by atoms with Crippen molar-refractivity contribution in [3.8, 4) is 0 Å². The molecule has 0 saturated heterocycles. The predicted octanol–water partition coefficient (Wildman–Crippen LogP) is 4.64. The van der Waals surface area contributed by atoms with E-state index in [0.29, 0.717) is 27.9 Å². The molecule has 12 heteroatoms. The van der Waals surface area contributed by atoms with Crippen LogP contribution in [0.5, 0.6) is 0 Å². The second-order valence-electron chi connectivity index (χ2n) is 9.27. The number of carbonyl (C=O) groups is 2. The first kappa shape index (κ1) is 24.4. The number of aromatic nitrogens is 3. The van der Waals surface area contributed by atoms with Crippen molar-refractivity contribution in [1.29, 1.82) is 0 Å². The number of carbonyl (C=O) groups excluding carboxylic acids is 1. The van der Waals surface area contributed by atoms with Gasteiger partial charge in [-0.25, -0.2) is 9.50 Å². The fraction of sp³-hybridized carbons (Fsp3) is 0.417. The third-order valence-corrected chi connectivity index (χ3v) is 7.20. The van der Waals surface area contributed by atoms with E-state index in [4.69, 9.17) is 16.7 Å². The highest BCUT2D eigenvalue weighted by Crippen LogP contribution is 2.42. The van der Waals surface area contributed by atoms with Crippen LogP contribution in [0.1, 0.15) is 36.6 Å². The van der Waals surface area contributed by atoms with E-state index in [1.807, 2.05) is 4.90 Å². The van der Waals surface area contributed by atoms with Crippen molar-refractivity contribution in [3.63, 3.8) is 0 Å². The first-order valence-electron chi connectivity index (χ1n) is 11.5. The summed E-state index contributed by atoms with van der Waals surface area (Å²) in [5.74, 6) is -3.13. The summed E-state index contributed by atoms with van der Waals surface area (Å²) in [5, 5.41) is 13.6. The van der Waals surface area contributed by atoms with Crippen molar-refractivity contribution in [1.82, 2.24) is 19.5 Å². The summed E-state index contributed by atoms with van der Waals surface area (Å²) in [7, 11) is 1.12. The largest absolute Gasteiger partial charge is 0.481 e. The van der Waals surface area contributed by atoms with Gasteiger partial charge < -0.3 is 14.9 Å². The fourth-order valence-electron chi connectivity index (χ4n) is 5.10. The van der Waals surface area contributed by atoms with Gasteiger partial charge in [0.15, 0.2) is 16.8 Å². The summed E-state index contributed by atoms with van der Waals surface area (Å²) in [6, 6.07) is 5.49. The first-order chi connectivity index (χ1) is 17.0. The smallest absolute Gasteiger partial charge is 0.413 e. The molecule has 8 nitrogen and oxygen atoms in total. The quantitative estimate of drug-likeness (QED) is 0.526. The van der Waals surface area contributed by atoms with Gasteiger partial charge in [0.05, 0.1) is 23.5 Å². The third kappa shape index (κ3) is 4.25. The van der Waals surface area contributed by atoms with Gasteiger partial charge in [0.2, 0.25) is 5.91 Å². The van der Waals surface area contributed by atoms with Crippen molar-refractivity contribution >= 4 is 40.5 Å². The summed E-state index contributed by atoms with van der Waals surface area (Å²) in [6.45, 7) is 0.655. The van der Waals surface area contributed by atoms with Gasteiger partial charge in [0, 0.05) is 31.3 Å². The molecule has 1 saturated carbocycles. The van der Waals surface area contributed by atoms with E-state index in [2.05, 4.69) is 10.1 Å². The van der Waals surface area contributed by atoms with Crippen LogP contribution in [0, 0.1) is 11.8 Å². The molecule has 1 atom stereocenters. The minimum Gasteiger partial charge on any atom is -0.481 e. The molecule has 1 aromatic carbocycles. The zero-order valence-corrected chi connectivity index (χ0v) is 20.0. The molecule has 1 aliphatic heterocycles. The SMILES string of the molecule is CN(C(=O)C1CC(C(=O)O)C1)[C@@H](c1ccc(N2CCCc3c2cnc2cc(Cl)nn32)cc1)C(F)(F)F. The van der Waals surface area contributed by atoms with Gasteiger partial charge in [-0.3, -0.25) is 9.59 Å². The molecule has 3 aromatic rings. The lowest BCUT2D eigenvalue weighted by Crippen LogP contribution is -2.46. The molecule has 2 aliphatic rings. The van der Waals surface area contributed by atoms with Crippen LogP contribution < -0.4 is 4.90 Å². The zero-order chi connectivity index (χ0) is 25.8. The number of rotatable bonds is 5. The molecule has 36 heavy (non-hydrogen) atoms. The van der Waals surface area contributed by atoms with E-state index >= 15 is 0 Å². The fourth-order valence-corrected chi connectivity index (χ4v) is 5.28. The lowest BCUT2D eigenvalue weighted by molar-refractivity contribution is -0.192. The topological polar surface area (TPSA) is 91.0 Å². The number of fused-ring (bicyclic) bond motifs is 3. The Hall–Kier alpha value is -3.34. The molecule has 5 rings (SSSR count). The van der Waals surface area contributed by atoms with Crippen molar-refractivity contribution in [2.24, 2.45) is 11.8 Å². The number of hydrogen-bond donors (Lipinski definition) is 1. The lowest BCUT2D eigenvalue weighted by atomic mass is 9.74. The third-order valence-electron chi connectivity index (χ3n) is 7.02. The van der Waals surface area contributed by atoms with Crippen LogP contribution in [-0.2, 0) is 16.0 Å². The van der Waals surface area contributed by atoms with Gasteiger partial charge in [0.1, 0.15) is 0 Å². The number of alkyl halides is 3. The van der Waals surface area contributed by atoms with Crippen molar-refractivity contribution in [3.05, 3.63) is 52.9 Å². The summed E-state index contributed by atoms with van der Waals surface area (Å²) in [4.78, 5) is 30.8. The molecule has 2 aromatic heterocycles. The molecule has 1 N–H and O–H groups in total. The molecule has 3 heterocycles. The number of hydrogen-bond acceptors (Lipinski definition) is 5. The van der Waals surface area contributed by atoms with E-state index in [9.17, 15) is 22.8 Å². The van der Waals surface area contributed by atoms with Gasteiger partial charge >= 0.3 is 12.1 Å². The molecular formula is C24H23ClF3N5O3. The van der Waals surface area contributed by atoms with Crippen molar-refractivity contribution in [2.75, 3.05) is 18.5 Å². The van der Waals surface area contributed by atoms with Crippen LogP contribution in [0.4, 0.5) is 24.5 Å². The summed E-state index contributed by atoms with van der Waals surface area (Å²) in [6.07, 6.45) is -1.31. The highest BCUT2D eigenvalue weighted by molar-refractivity contribution is 6.29. The minimum absolute atomic E-state index is 0.0547. The maximum atomic E-state index is 14.1. The number of anilines is 2. The normalized spacial score (nSPS) is 20.5. The number of amides is 1. The number of aryl methyl sites for hydroxylation is 1. The Morgan fingerprint density at radius 1 is 1.19 bits per heavy atom. The molecule has 1 amide bonds. The molecular weight excluding hydrogens is 499 g/mol. The Morgan fingerprint density at radius 2 is 1.89 bits per heavy atom. The van der Waals surface area contributed by atoms with Crippen molar-refractivity contribution in [2.45, 2.75) is 37.9 Å². The van der Waals surface area contributed by atoms with E-state index in [0.717, 1.165) is 31.3 Å². The van der Waals surface area contributed by atoms with Gasteiger partial charge in [-0.1, -0.05) is 23.7 Å². The summed E-state index contributed by atoms with van der Waals surface area (Å²) in [5.41, 5.74) is 2.97. The van der Waals surface area contributed by atoms with Gasteiger partial charge in [-0.2, -0.15) is 18.3 Å². The van der Waals surface area contributed by atoms with Gasteiger partial charge in [-0.05, 0) is 43.4 Å². The Morgan fingerprint density at radius 3 is 2.53 bits per heavy atom. The highest BCUT2D eigenvalue weighted by atomic mass is 35.5. The second kappa shape index (κ2) is 8.95. The maximum absolute atomic E-state index is 14.1. The average molecular weight is 522 g/mol. The van der Waals surface area contributed by atoms with Crippen LogP contribution >= 0.6 is 11.6 Å². The van der Waals surface area contributed by atoms with Crippen LogP contribution in [0.25, 0.3) is 5.65 Å². The molecule has 0 unspecified atom stereocenters. The Balaban J connectivity index is 1.40. The number of carboxylic acid groups (broad SMARTS) is 1. The van der Waals surface area contributed by atoms with Crippen LogP contribution in [0.3, 0.4) is 0 Å². The molecule has 1 aliphatic carbocycles. The average Bonchev–Trinajstić information content (AvgIpc) is 3.17. The Kier molecular flexibility index (Phi) is 6.06. The minimum atomic E-state index is -4.70. The number of nitrogens with zero attached hydrogens (tertiary/aromatic N) is 5. The summed E-state index contributed by atoms with van der Waals surface area (Å²) < 4.78 is 43.9. The van der Waals surface area contributed by atoms with Crippen LogP contribution in [-0.4, -0.2) is 56.2 Å². The molecule has 0 radical (unpaired) electrons. The molecule has 0 spiro atoms. The first-order valence-corrected chi connectivity index (χ1v) is 11.9. The lowest BCUT2D eigenvalue weighted by Gasteiger charge is -2.38. The standard InChI is InChI=1S/C24H23ClF3N5O3/c1-31(22(34)14-9-15(10-14)23(35)36)21(24(26,27)28)13-4-6-16(7-5-13)32-8-2-3-17-18(32)12-29-20-11-19(25)30-33(17)20/h4-7,11-12,14-15,21H,2-3,8-10H2,1H3,(H,35,36)/t14?,15?,21-/m0/s1. The molecule has 190 valence electrons. The van der Waals surface area contributed by atoms with Gasteiger partial charge in [0.25, 0.3) is 0 Å². The van der Waals surface area contributed by atoms with E-state index in [-0.39, 0.29) is 18.4 Å². The Bertz CT molecular complexity index is 1320. The number of aliphatic carboxylic acids is 1. The maximum Gasteiger partial charge on any atom is 0.413 e. The van der Waals surface area contributed by atoms with Crippen molar-refractivity contribution < 1.29 is 27.9 Å². The molecule has 1 fully saturated rings. The highest BCUT2D eigenvalue weighted by Gasteiger charge is 2.48. The number of halogens is 4. The summed E-state index contributed by atoms with van der Waals surface area (Å²) >= 11 is 6.03.